The Balaban J connectivity index is 1.69. The molecular formula is C24H26N2O4. The molecule has 1 aliphatic rings. The molecule has 3 rings (SSSR count). The normalized spacial score (nSPS) is 16.0. The van der Waals surface area contributed by atoms with E-state index in [1.807, 2.05) is 43.3 Å². The van der Waals surface area contributed by atoms with Crippen molar-refractivity contribution in [1.29, 1.82) is 5.26 Å². The summed E-state index contributed by atoms with van der Waals surface area (Å²) in [6.07, 6.45) is 3.50. The van der Waals surface area contributed by atoms with Gasteiger partial charge >= 0.3 is 0 Å². The molecule has 0 saturated carbocycles. The summed E-state index contributed by atoms with van der Waals surface area (Å²) in [5, 5.41) is 12.2. The molecule has 2 aromatic rings. The number of nitrogens with zero attached hydrogens (tertiary/aromatic N) is 1. The summed E-state index contributed by atoms with van der Waals surface area (Å²) < 4.78 is 17.1. The van der Waals surface area contributed by atoms with Crippen LogP contribution in [-0.4, -0.2) is 31.8 Å². The molecule has 0 bridgehead atoms. The molecule has 1 N–H and O–H groups in total. The van der Waals surface area contributed by atoms with Crippen LogP contribution in [0.1, 0.15) is 30.9 Å². The van der Waals surface area contributed by atoms with Gasteiger partial charge in [-0.1, -0.05) is 36.4 Å². The SMILES string of the molecule is CCOc1cc(/C=C(\C#N)C(=O)NC[C@H]2CCCO2)ccc1OCc1ccccc1. The third-order valence-electron chi connectivity index (χ3n) is 4.70. The van der Waals surface area contributed by atoms with Crippen molar-refractivity contribution in [1.82, 2.24) is 5.32 Å². The van der Waals surface area contributed by atoms with Crippen molar-refractivity contribution in [2.45, 2.75) is 32.5 Å². The van der Waals surface area contributed by atoms with E-state index in [9.17, 15) is 10.1 Å². The van der Waals surface area contributed by atoms with Gasteiger partial charge in [-0.2, -0.15) is 5.26 Å². The molecule has 1 aliphatic heterocycles. The smallest absolute Gasteiger partial charge is 0.262 e. The number of nitriles is 1. The van der Waals surface area contributed by atoms with Gasteiger partial charge in [0.05, 0.1) is 12.7 Å². The Morgan fingerprint density at radius 2 is 2.07 bits per heavy atom. The molecule has 1 fully saturated rings. The first kappa shape index (κ1) is 21.4. The lowest BCUT2D eigenvalue weighted by Gasteiger charge is -2.13. The highest BCUT2D eigenvalue weighted by Crippen LogP contribution is 2.30. The van der Waals surface area contributed by atoms with Crippen molar-refractivity contribution >= 4 is 12.0 Å². The van der Waals surface area contributed by atoms with Crippen LogP contribution < -0.4 is 14.8 Å². The maximum atomic E-state index is 12.4. The molecule has 0 aromatic heterocycles. The Morgan fingerprint density at radius 3 is 2.77 bits per heavy atom. The Hall–Kier alpha value is -3.30. The summed E-state index contributed by atoms with van der Waals surface area (Å²) in [6.45, 7) is 3.92. The van der Waals surface area contributed by atoms with Gasteiger partial charge in [0.1, 0.15) is 18.2 Å². The molecule has 1 saturated heterocycles. The average Bonchev–Trinajstić information content (AvgIpc) is 3.30. The number of nitrogens with one attached hydrogen (secondary N) is 1. The minimum atomic E-state index is -0.407. The van der Waals surface area contributed by atoms with E-state index in [4.69, 9.17) is 14.2 Å². The van der Waals surface area contributed by atoms with Gasteiger partial charge in [-0.05, 0) is 49.1 Å². The zero-order valence-corrected chi connectivity index (χ0v) is 17.1. The molecule has 0 unspecified atom stereocenters. The first-order valence-electron chi connectivity index (χ1n) is 10.1. The number of carbonyl (C=O) groups is 1. The summed E-state index contributed by atoms with van der Waals surface area (Å²) in [5.41, 5.74) is 1.78. The summed E-state index contributed by atoms with van der Waals surface area (Å²) in [7, 11) is 0. The van der Waals surface area contributed by atoms with E-state index in [0.29, 0.717) is 36.8 Å². The van der Waals surface area contributed by atoms with Gasteiger partial charge in [0.15, 0.2) is 11.5 Å². The van der Waals surface area contributed by atoms with Crippen LogP contribution in [0, 0.1) is 11.3 Å². The van der Waals surface area contributed by atoms with Crippen LogP contribution in [0.3, 0.4) is 0 Å². The van der Waals surface area contributed by atoms with E-state index in [1.54, 1.807) is 24.3 Å². The number of carbonyl (C=O) groups excluding carboxylic acids is 1. The van der Waals surface area contributed by atoms with E-state index in [2.05, 4.69) is 5.32 Å². The van der Waals surface area contributed by atoms with Gasteiger partial charge < -0.3 is 19.5 Å². The van der Waals surface area contributed by atoms with Crippen LogP contribution >= 0.6 is 0 Å². The molecule has 2 aromatic carbocycles. The lowest BCUT2D eigenvalue weighted by molar-refractivity contribution is -0.117. The van der Waals surface area contributed by atoms with Gasteiger partial charge in [-0.25, -0.2) is 0 Å². The van der Waals surface area contributed by atoms with Crippen LogP contribution in [0.15, 0.2) is 54.1 Å². The monoisotopic (exact) mass is 406 g/mol. The summed E-state index contributed by atoms with van der Waals surface area (Å²) >= 11 is 0. The molecule has 30 heavy (non-hydrogen) atoms. The predicted octanol–water partition coefficient (Wildman–Crippen LogP) is 3.87. The summed E-state index contributed by atoms with van der Waals surface area (Å²) in [4.78, 5) is 12.4. The maximum absolute atomic E-state index is 12.4. The molecular weight excluding hydrogens is 380 g/mol. The van der Waals surface area contributed by atoms with Crippen molar-refractivity contribution in [3.63, 3.8) is 0 Å². The number of ether oxygens (including phenoxy) is 3. The first-order chi connectivity index (χ1) is 14.7. The molecule has 156 valence electrons. The van der Waals surface area contributed by atoms with E-state index < -0.39 is 5.91 Å². The molecule has 0 spiro atoms. The van der Waals surface area contributed by atoms with Crippen LogP contribution in [0.2, 0.25) is 0 Å². The zero-order chi connectivity index (χ0) is 21.2. The minimum Gasteiger partial charge on any atom is -0.490 e. The Bertz CT molecular complexity index is 913. The molecule has 6 nitrogen and oxygen atoms in total. The lowest BCUT2D eigenvalue weighted by Crippen LogP contribution is -2.32. The molecule has 0 aliphatic carbocycles. The highest BCUT2D eigenvalue weighted by molar-refractivity contribution is 6.01. The Labute approximate surface area is 177 Å². The average molecular weight is 406 g/mol. The summed E-state index contributed by atoms with van der Waals surface area (Å²) in [5.74, 6) is 0.772. The van der Waals surface area contributed by atoms with Crippen LogP contribution in [0.5, 0.6) is 11.5 Å². The maximum Gasteiger partial charge on any atom is 0.262 e. The van der Waals surface area contributed by atoms with Crippen LogP contribution in [0.25, 0.3) is 6.08 Å². The fourth-order valence-corrected chi connectivity index (χ4v) is 3.16. The van der Waals surface area contributed by atoms with Crippen LogP contribution in [-0.2, 0) is 16.1 Å². The van der Waals surface area contributed by atoms with Crippen molar-refractivity contribution in [3.05, 3.63) is 65.2 Å². The highest BCUT2D eigenvalue weighted by atomic mass is 16.5. The van der Waals surface area contributed by atoms with Gasteiger partial charge in [0.25, 0.3) is 5.91 Å². The second-order valence-corrected chi connectivity index (χ2v) is 6.93. The van der Waals surface area contributed by atoms with Gasteiger partial charge in [-0.15, -0.1) is 0 Å². The third kappa shape index (κ3) is 6.10. The van der Waals surface area contributed by atoms with Crippen molar-refractivity contribution in [2.24, 2.45) is 0 Å². The highest BCUT2D eigenvalue weighted by Gasteiger charge is 2.18. The summed E-state index contributed by atoms with van der Waals surface area (Å²) in [6, 6.07) is 17.2. The second kappa shape index (κ2) is 11.0. The standard InChI is InChI=1S/C24H26N2O4/c1-2-28-23-14-19(10-11-22(23)30-17-18-7-4-3-5-8-18)13-20(15-25)24(27)26-16-21-9-6-12-29-21/h3-5,7-8,10-11,13-14,21H,2,6,9,12,16-17H2,1H3,(H,26,27)/b20-13+/t21-/m1/s1. The molecule has 1 amide bonds. The first-order valence-corrected chi connectivity index (χ1v) is 10.1. The minimum absolute atomic E-state index is 0.0273. The number of amides is 1. The number of benzene rings is 2. The fraction of sp³-hybridized carbons (Fsp3) is 0.333. The van der Waals surface area contributed by atoms with Crippen molar-refractivity contribution in [2.75, 3.05) is 19.8 Å². The number of rotatable bonds is 9. The van der Waals surface area contributed by atoms with Gasteiger partial charge in [0, 0.05) is 13.2 Å². The number of hydrogen-bond donors (Lipinski definition) is 1. The quantitative estimate of drug-likeness (QED) is 0.505. The Morgan fingerprint density at radius 1 is 1.23 bits per heavy atom. The molecule has 1 heterocycles. The van der Waals surface area contributed by atoms with Crippen molar-refractivity contribution < 1.29 is 19.0 Å². The topological polar surface area (TPSA) is 80.6 Å². The number of hydrogen-bond acceptors (Lipinski definition) is 5. The fourth-order valence-electron chi connectivity index (χ4n) is 3.16. The van der Waals surface area contributed by atoms with Gasteiger partial charge in [0.2, 0.25) is 0 Å². The van der Waals surface area contributed by atoms with E-state index in [-0.39, 0.29) is 11.7 Å². The van der Waals surface area contributed by atoms with E-state index in [0.717, 1.165) is 25.0 Å². The third-order valence-corrected chi connectivity index (χ3v) is 4.70. The van der Waals surface area contributed by atoms with Gasteiger partial charge in [-0.3, -0.25) is 4.79 Å². The molecule has 0 radical (unpaired) electrons. The predicted molar refractivity (Wildman–Crippen MR) is 114 cm³/mol. The largest absolute Gasteiger partial charge is 0.490 e. The lowest BCUT2D eigenvalue weighted by atomic mass is 10.1. The molecule has 1 atom stereocenters. The molecule has 6 heteroatoms. The van der Waals surface area contributed by atoms with Crippen LogP contribution in [0.4, 0.5) is 0 Å². The zero-order valence-electron chi connectivity index (χ0n) is 17.1. The second-order valence-electron chi connectivity index (χ2n) is 6.93. The van der Waals surface area contributed by atoms with E-state index in [1.165, 1.54) is 0 Å². The Kier molecular flexibility index (Phi) is 7.87. The van der Waals surface area contributed by atoms with E-state index >= 15 is 0 Å². The van der Waals surface area contributed by atoms with Crippen molar-refractivity contribution in [3.8, 4) is 17.6 Å².